The van der Waals surface area contributed by atoms with E-state index < -0.39 is 0 Å². The second kappa shape index (κ2) is 8.65. The number of carbonyl (C=O) groups excluding carboxylic acids is 2. The highest BCUT2D eigenvalue weighted by atomic mass is 32.1. The second-order valence-electron chi connectivity index (χ2n) is 8.98. The van der Waals surface area contributed by atoms with Gasteiger partial charge in [0.05, 0.1) is 12.2 Å². The molecule has 1 N–H and O–H groups in total. The number of amides is 2. The van der Waals surface area contributed by atoms with E-state index in [4.69, 9.17) is 9.40 Å². The Kier molecular flexibility index (Phi) is 5.73. The van der Waals surface area contributed by atoms with E-state index in [1.165, 1.54) is 11.3 Å². The number of rotatable bonds is 5. The maximum absolute atomic E-state index is 12.7. The molecule has 31 heavy (non-hydrogen) atoms. The third-order valence-corrected chi connectivity index (χ3v) is 8.03. The Labute approximate surface area is 186 Å². The molecule has 8 heteroatoms. The van der Waals surface area contributed by atoms with Crippen molar-refractivity contribution in [3.05, 3.63) is 34.2 Å². The van der Waals surface area contributed by atoms with Gasteiger partial charge in [-0.25, -0.2) is 4.98 Å². The molecule has 1 saturated carbocycles. The molecule has 2 amide bonds. The lowest BCUT2D eigenvalue weighted by Crippen LogP contribution is -2.51. The number of anilines is 1. The number of aryl methyl sites for hydroxylation is 2. The Morgan fingerprint density at radius 3 is 2.65 bits per heavy atom. The standard InChI is InChI=1S/C23H30N4O3S/c1-15-5-7-18(30-15)14-24-21(28)17-6-8-19-20(13-17)31-23(25-19)27-11-9-26(10-12-27)22(29)16-3-2-4-16/h5,7,16-17H,2-4,6,8-14H2,1H3,(H,24,28). The molecule has 1 unspecified atom stereocenters. The molecule has 0 spiro atoms. The topological polar surface area (TPSA) is 78.7 Å². The molecular formula is C23H30N4O3S. The lowest BCUT2D eigenvalue weighted by Gasteiger charge is -2.38. The van der Waals surface area contributed by atoms with Gasteiger partial charge in [-0.1, -0.05) is 6.42 Å². The van der Waals surface area contributed by atoms with Crippen molar-refractivity contribution in [3.8, 4) is 0 Å². The van der Waals surface area contributed by atoms with Gasteiger partial charge in [0.1, 0.15) is 11.5 Å². The van der Waals surface area contributed by atoms with Crippen LogP contribution in [-0.4, -0.2) is 47.9 Å². The zero-order valence-electron chi connectivity index (χ0n) is 18.1. The van der Waals surface area contributed by atoms with E-state index in [0.717, 1.165) is 80.6 Å². The average molecular weight is 443 g/mol. The lowest BCUT2D eigenvalue weighted by atomic mass is 9.84. The monoisotopic (exact) mass is 442 g/mol. The summed E-state index contributed by atoms with van der Waals surface area (Å²) in [6.07, 6.45) is 5.77. The normalized spacial score (nSPS) is 21.5. The van der Waals surface area contributed by atoms with Crippen molar-refractivity contribution in [1.82, 2.24) is 15.2 Å². The van der Waals surface area contributed by atoms with Crippen molar-refractivity contribution in [2.75, 3.05) is 31.1 Å². The molecule has 2 aliphatic carbocycles. The average Bonchev–Trinajstić information content (AvgIpc) is 3.36. The van der Waals surface area contributed by atoms with E-state index in [-0.39, 0.29) is 17.7 Å². The van der Waals surface area contributed by atoms with Gasteiger partial charge in [0.25, 0.3) is 0 Å². The summed E-state index contributed by atoms with van der Waals surface area (Å²) in [6, 6.07) is 3.82. The molecule has 1 saturated heterocycles. The summed E-state index contributed by atoms with van der Waals surface area (Å²) in [4.78, 5) is 35.6. The third-order valence-electron chi connectivity index (χ3n) is 6.85. The highest BCUT2D eigenvalue weighted by Crippen LogP contribution is 2.35. The van der Waals surface area contributed by atoms with Gasteiger partial charge in [-0.2, -0.15) is 0 Å². The van der Waals surface area contributed by atoms with Crippen LogP contribution in [0.1, 0.15) is 47.8 Å². The van der Waals surface area contributed by atoms with Crippen LogP contribution < -0.4 is 10.2 Å². The van der Waals surface area contributed by atoms with Crippen LogP contribution in [0.3, 0.4) is 0 Å². The van der Waals surface area contributed by atoms with Crippen molar-refractivity contribution in [2.45, 2.75) is 52.0 Å². The summed E-state index contributed by atoms with van der Waals surface area (Å²) >= 11 is 1.73. The smallest absolute Gasteiger partial charge is 0.225 e. The number of aromatic nitrogens is 1. The first kappa shape index (κ1) is 20.5. The molecule has 0 radical (unpaired) electrons. The minimum atomic E-state index is -0.00574. The predicted molar refractivity (Wildman–Crippen MR) is 119 cm³/mol. The fourth-order valence-corrected chi connectivity index (χ4v) is 5.89. The Balaban J connectivity index is 1.15. The van der Waals surface area contributed by atoms with Gasteiger partial charge in [-0.15, -0.1) is 11.3 Å². The SMILES string of the molecule is Cc1ccc(CNC(=O)C2CCc3nc(N4CCN(C(=O)C5CCC5)CC4)sc3C2)o1. The number of nitrogens with zero attached hydrogens (tertiary/aromatic N) is 3. The van der Waals surface area contributed by atoms with E-state index in [9.17, 15) is 9.59 Å². The fourth-order valence-electron chi connectivity index (χ4n) is 4.65. The number of fused-ring (bicyclic) bond motifs is 1. The highest BCUT2D eigenvalue weighted by Gasteiger charge is 2.33. The molecule has 1 aliphatic heterocycles. The van der Waals surface area contributed by atoms with Gasteiger partial charge < -0.3 is 19.5 Å². The molecule has 0 bridgehead atoms. The van der Waals surface area contributed by atoms with Gasteiger partial charge in [-0.3, -0.25) is 9.59 Å². The minimum absolute atomic E-state index is 0.00574. The summed E-state index contributed by atoms with van der Waals surface area (Å²) in [5, 5.41) is 4.07. The van der Waals surface area contributed by atoms with Gasteiger partial charge in [0.2, 0.25) is 11.8 Å². The molecular weight excluding hydrogens is 412 g/mol. The Morgan fingerprint density at radius 2 is 1.97 bits per heavy atom. The first-order valence-corrected chi connectivity index (χ1v) is 12.2. The predicted octanol–water partition coefficient (Wildman–Crippen LogP) is 2.91. The summed E-state index contributed by atoms with van der Waals surface area (Å²) < 4.78 is 5.54. The van der Waals surface area contributed by atoms with E-state index in [2.05, 4.69) is 10.2 Å². The van der Waals surface area contributed by atoms with Gasteiger partial charge in [0, 0.05) is 42.9 Å². The highest BCUT2D eigenvalue weighted by molar-refractivity contribution is 7.15. The van der Waals surface area contributed by atoms with Crippen molar-refractivity contribution >= 4 is 28.3 Å². The molecule has 2 aromatic heterocycles. The van der Waals surface area contributed by atoms with E-state index in [1.807, 2.05) is 24.0 Å². The van der Waals surface area contributed by atoms with E-state index in [0.29, 0.717) is 12.5 Å². The van der Waals surface area contributed by atoms with Gasteiger partial charge >= 0.3 is 0 Å². The fraction of sp³-hybridized carbons (Fsp3) is 0.609. The maximum Gasteiger partial charge on any atom is 0.225 e. The van der Waals surface area contributed by atoms with E-state index >= 15 is 0 Å². The molecule has 0 aromatic carbocycles. The first-order valence-electron chi connectivity index (χ1n) is 11.4. The molecule has 3 heterocycles. The Morgan fingerprint density at radius 1 is 1.16 bits per heavy atom. The van der Waals surface area contributed by atoms with Crippen LogP contribution in [0.15, 0.2) is 16.5 Å². The van der Waals surface area contributed by atoms with Crippen LogP contribution >= 0.6 is 11.3 Å². The molecule has 5 rings (SSSR count). The van der Waals surface area contributed by atoms with Crippen molar-refractivity contribution in [1.29, 1.82) is 0 Å². The summed E-state index contributed by atoms with van der Waals surface area (Å²) in [7, 11) is 0. The molecule has 2 aromatic rings. The number of hydrogen-bond donors (Lipinski definition) is 1. The number of hydrogen-bond acceptors (Lipinski definition) is 6. The van der Waals surface area contributed by atoms with Crippen LogP contribution in [0.2, 0.25) is 0 Å². The lowest BCUT2D eigenvalue weighted by molar-refractivity contribution is -0.138. The summed E-state index contributed by atoms with van der Waals surface area (Å²) in [5.41, 5.74) is 1.15. The van der Waals surface area contributed by atoms with Gasteiger partial charge in [0.15, 0.2) is 5.13 Å². The molecule has 1 atom stereocenters. The van der Waals surface area contributed by atoms with Crippen molar-refractivity contribution < 1.29 is 14.0 Å². The number of thiazole rings is 1. The molecule has 3 aliphatic rings. The summed E-state index contributed by atoms with van der Waals surface area (Å²) in [5.74, 6) is 2.36. The maximum atomic E-state index is 12.7. The Bertz CT molecular complexity index is 956. The van der Waals surface area contributed by atoms with Crippen molar-refractivity contribution in [3.63, 3.8) is 0 Å². The molecule has 166 valence electrons. The Hall–Kier alpha value is -2.35. The molecule has 2 fully saturated rings. The zero-order valence-corrected chi connectivity index (χ0v) is 18.9. The number of nitrogens with one attached hydrogen (secondary N) is 1. The zero-order chi connectivity index (χ0) is 21.4. The van der Waals surface area contributed by atoms with Crippen LogP contribution in [0.5, 0.6) is 0 Å². The number of carbonyl (C=O) groups is 2. The van der Waals surface area contributed by atoms with Crippen molar-refractivity contribution in [2.24, 2.45) is 11.8 Å². The van der Waals surface area contributed by atoms with Crippen LogP contribution in [0.25, 0.3) is 0 Å². The van der Waals surface area contributed by atoms with Crippen LogP contribution in [0, 0.1) is 18.8 Å². The van der Waals surface area contributed by atoms with Crippen LogP contribution in [0.4, 0.5) is 5.13 Å². The first-order chi connectivity index (χ1) is 15.1. The van der Waals surface area contributed by atoms with Crippen LogP contribution in [-0.2, 0) is 29.0 Å². The third kappa shape index (κ3) is 4.35. The number of furan rings is 1. The second-order valence-corrected chi connectivity index (χ2v) is 10.0. The largest absolute Gasteiger partial charge is 0.465 e. The summed E-state index contributed by atoms with van der Waals surface area (Å²) in [6.45, 7) is 5.61. The number of piperazine rings is 1. The quantitative estimate of drug-likeness (QED) is 0.770. The van der Waals surface area contributed by atoms with Gasteiger partial charge in [-0.05, 0) is 51.2 Å². The molecule has 7 nitrogen and oxygen atoms in total. The minimum Gasteiger partial charge on any atom is -0.465 e. The van der Waals surface area contributed by atoms with E-state index in [1.54, 1.807) is 11.3 Å².